The second-order valence-corrected chi connectivity index (χ2v) is 8.38. The fraction of sp³-hybridized carbons (Fsp3) is 0.280. The molecule has 33 heavy (non-hydrogen) atoms. The molecule has 1 aliphatic heterocycles. The zero-order valence-electron chi connectivity index (χ0n) is 18.6. The van der Waals surface area contributed by atoms with Gasteiger partial charge in [0.05, 0.1) is 16.6 Å². The SMILES string of the molecule is CC(C)=CC(=O)N1CCN(C(=O)c2cc(Cc3n[nH]c(=O)c4ccccc34)ccc2F)CC1. The first-order valence-corrected chi connectivity index (χ1v) is 10.8. The Kier molecular flexibility index (Phi) is 6.35. The summed E-state index contributed by atoms with van der Waals surface area (Å²) >= 11 is 0. The fourth-order valence-electron chi connectivity index (χ4n) is 3.98. The predicted octanol–water partition coefficient (Wildman–Crippen LogP) is 2.90. The van der Waals surface area contributed by atoms with Crippen LogP contribution in [-0.4, -0.2) is 58.0 Å². The van der Waals surface area contributed by atoms with E-state index in [4.69, 9.17) is 0 Å². The molecule has 1 aromatic heterocycles. The van der Waals surface area contributed by atoms with Gasteiger partial charge in [-0.25, -0.2) is 9.49 Å². The van der Waals surface area contributed by atoms with Crippen molar-refractivity contribution in [2.75, 3.05) is 26.2 Å². The van der Waals surface area contributed by atoms with Gasteiger partial charge in [-0.2, -0.15) is 5.10 Å². The highest BCUT2D eigenvalue weighted by Crippen LogP contribution is 2.20. The van der Waals surface area contributed by atoms with Crippen molar-refractivity contribution in [1.82, 2.24) is 20.0 Å². The molecule has 0 radical (unpaired) electrons. The molecular formula is C25H25FN4O3. The number of carbonyl (C=O) groups is 2. The third kappa shape index (κ3) is 4.84. The molecule has 0 atom stereocenters. The number of fused-ring (bicyclic) bond motifs is 1. The van der Waals surface area contributed by atoms with E-state index in [1.165, 1.54) is 6.07 Å². The van der Waals surface area contributed by atoms with E-state index < -0.39 is 11.7 Å². The molecular weight excluding hydrogens is 423 g/mol. The number of hydrogen-bond acceptors (Lipinski definition) is 4. The molecule has 1 aliphatic rings. The minimum absolute atomic E-state index is 0.00898. The van der Waals surface area contributed by atoms with Crippen molar-refractivity contribution in [3.63, 3.8) is 0 Å². The van der Waals surface area contributed by atoms with E-state index in [9.17, 15) is 18.8 Å². The molecule has 1 N–H and O–H groups in total. The van der Waals surface area contributed by atoms with E-state index >= 15 is 0 Å². The molecule has 0 unspecified atom stereocenters. The number of allylic oxidation sites excluding steroid dienone is 1. The van der Waals surface area contributed by atoms with Gasteiger partial charge < -0.3 is 9.80 Å². The number of hydrogen-bond donors (Lipinski definition) is 1. The van der Waals surface area contributed by atoms with Gasteiger partial charge in [0.1, 0.15) is 5.82 Å². The summed E-state index contributed by atoms with van der Waals surface area (Å²) in [6.07, 6.45) is 1.91. The van der Waals surface area contributed by atoms with Gasteiger partial charge >= 0.3 is 0 Å². The minimum Gasteiger partial charge on any atom is -0.336 e. The molecule has 0 spiro atoms. The smallest absolute Gasteiger partial charge is 0.272 e. The summed E-state index contributed by atoms with van der Waals surface area (Å²) in [6, 6.07) is 11.6. The van der Waals surface area contributed by atoms with E-state index in [0.717, 1.165) is 11.0 Å². The van der Waals surface area contributed by atoms with Crippen molar-refractivity contribution >= 4 is 22.6 Å². The van der Waals surface area contributed by atoms with Gasteiger partial charge in [0.2, 0.25) is 5.91 Å². The van der Waals surface area contributed by atoms with Gasteiger partial charge in [-0.1, -0.05) is 29.8 Å². The summed E-state index contributed by atoms with van der Waals surface area (Å²) < 4.78 is 14.6. The Morgan fingerprint density at radius 3 is 2.39 bits per heavy atom. The number of aromatic nitrogens is 2. The van der Waals surface area contributed by atoms with Crippen LogP contribution in [0.5, 0.6) is 0 Å². The zero-order valence-corrected chi connectivity index (χ0v) is 18.6. The first-order valence-electron chi connectivity index (χ1n) is 10.8. The maximum absolute atomic E-state index is 14.6. The van der Waals surface area contributed by atoms with E-state index in [-0.39, 0.29) is 17.0 Å². The summed E-state index contributed by atoms with van der Waals surface area (Å²) in [5, 5.41) is 7.91. The van der Waals surface area contributed by atoms with Gasteiger partial charge in [-0.3, -0.25) is 14.4 Å². The van der Waals surface area contributed by atoms with Crippen molar-refractivity contribution in [2.45, 2.75) is 20.3 Å². The molecule has 2 amide bonds. The second-order valence-electron chi connectivity index (χ2n) is 8.38. The molecule has 2 heterocycles. The summed E-state index contributed by atoms with van der Waals surface area (Å²) in [5.41, 5.74) is 1.99. The van der Waals surface area contributed by atoms with Crippen LogP contribution < -0.4 is 5.56 Å². The number of halogens is 1. The Hall–Kier alpha value is -3.81. The van der Waals surface area contributed by atoms with Crippen LogP contribution in [0.1, 0.15) is 35.5 Å². The minimum atomic E-state index is -0.592. The van der Waals surface area contributed by atoms with Gasteiger partial charge in [0.15, 0.2) is 0 Å². The molecule has 4 rings (SSSR count). The van der Waals surface area contributed by atoms with E-state index in [0.29, 0.717) is 49.2 Å². The third-order valence-electron chi connectivity index (χ3n) is 5.70. The second kappa shape index (κ2) is 9.36. The quantitative estimate of drug-likeness (QED) is 0.622. The van der Waals surface area contributed by atoms with E-state index in [1.807, 2.05) is 26.0 Å². The number of aromatic amines is 1. The Morgan fingerprint density at radius 2 is 1.70 bits per heavy atom. The number of amides is 2. The van der Waals surface area contributed by atoms with Crippen LogP contribution in [0.15, 0.2) is 58.9 Å². The molecule has 0 bridgehead atoms. The van der Waals surface area contributed by atoms with Crippen molar-refractivity contribution in [3.8, 4) is 0 Å². The van der Waals surface area contributed by atoms with Crippen LogP contribution in [-0.2, 0) is 11.2 Å². The highest BCUT2D eigenvalue weighted by Gasteiger charge is 2.26. The lowest BCUT2D eigenvalue weighted by molar-refractivity contribution is -0.127. The molecule has 3 aromatic rings. The number of rotatable bonds is 4. The highest BCUT2D eigenvalue weighted by atomic mass is 19.1. The topological polar surface area (TPSA) is 86.4 Å². The van der Waals surface area contributed by atoms with Gasteiger partial charge in [0, 0.05) is 44.1 Å². The normalized spacial score (nSPS) is 13.8. The lowest BCUT2D eigenvalue weighted by atomic mass is 10.0. The van der Waals surface area contributed by atoms with Crippen LogP contribution in [0.4, 0.5) is 4.39 Å². The van der Waals surface area contributed by atoms with Gasteiger partial charge in [-0.05, 0) is 37.6 Å². The first kappa shape index (κ1) is 22.4. The number of piperazine rings is 1. The van der Waals surface area contributed by atoms with Crippen LogP contribution in [0.25, 0.3) is 10.8 Å². The van der Waals surface area contributed by atoms with Crippen LogP contribution in [0, 0.1) is 5.82 Å². The fourth-order valence-corrected chi connectivity index (χ4v) is 3.98. The average Bonchev–Trinajstić information content (AvgIpc) is 2.81. The molecule has 1 fully saturated rings. The van der Waals surface area contributed by atoms with Crippen molar-refractivity contribution in [3.05, 3.63) is 87.1 Å². The highest BCUT2D eigenvalue weighted by molar-refractivity contribution is 5.95. The Morgan fingerprint density at radius 1 is 1.03 bits per heavy atom. The maximum atomic E-state index is 14.6. The van der Waals surface area contributed by atoms with Crippen molar-refractivity contribution in [1.29, 1.82) is 0 Å². The Balaban J connectivity index is 1.52. The summed E-state index contributed by atoms with van der Waals surface area (Å²) in [5.74, 6) is -1.06. The Labute approximate surface area is 190 Å². The number of carbonyl (C=O) groups excluding carboxylic acids is 2. The van der Waals surface area contributed by atoms with Gasteiger partial charge in [0.25, 0.3) is 11.5 Å². The monoisotopic (exact) mass is 448 g/mol. The summed E-state index contributed by atoms with van der Waals surface area (Å²) in [6.45, 7) is 5.22. The number of nitrogens with one attached hydrogen (secondary N) is 1. The standard InChI is InChI=1S/C25H25FN4O3/c1-16(2)13-23(31)29-9-11-30(12-10-29)25(33)20-14-17(7-8-21(20)26)15-22-18-5-3-4-6-19(18)24(32)28-27-22/h3-8,13-14H,9-12,15H2,1-2H3,(H,28,32). The molecule has 2 aromatic carbocycles. The van der Waals surface area contributed by atoms with Crippen LogP contribution in [0.3, 0.4) is 0 Å². The van der Waals surface area contributed by atoms with Crippen molar-refractivity contribution in [2.24, 2.45) is 0 Å². The molecule has 1 saturated heterocycles. The molecule has 7 nitrogen and oxygen atoms in total. The number of H-pyrrole nitrogens is 1. The first-order chi connectivity index (χ1) is 15.8. The molecule has 0 saturated carbocycles. The number of benzene rings is 2. The zero-order chi connectivity index (χ0) is 23.5. The van der Waals surface area contributed by atoms with Crippen LogP contribution >= 0.6 is 0 Å². The van der Waals surface area contributed by atoms with Crippen molar-refractivity contribution < 1.29 is 14.0 Å². The Bertz CT molecular complexity index is 1300. The average molecular weight is 448 g/mol. The lowest BCUT2D eigenvalue weighted by Crippen LogP contribution is -2.50. The third-order valence-corrected chi connectivity index (χ3v) is 5.70. The van der Waals surface area contributed by atoms with Gasteiger partial charge in [-0.15, -0.1) is 0 Å². The lowest BCUT2D eigenvalue weighted by Gasteiger charge is -2.34. The summed E-state index contributed by atoms with van der Waals surface area (Å²) in [7, 11) is 0. The number of nitrogens with zero attached hydrogens (tertiary/aromatic N) is 3. The predicted molar refractivity (Wildman–Crippen MR) is 123 cm³/mol. The summed E-state index contributed by atoms with van der Waals surface area (Å²) in [4.78, 5) is 40.5. The maximum Gasteiger partial charge on any atom is 0.272 e. The largest absolute Gasteiger partial charge is 0.336 e. The molecule has 8 heteroatoms. The van der Waals surface area contributed by atoms with Crippen LogP contribution in [0.2, 0.25) is 0 Å². The van der Waals surface area contributed by atoms with E-state index in [1.54, 1.807) is 40.1 Å². The molecule has 0 aliphatic carbocycles. The van der Waals surface area contributed by atoms with E-state index in [2.05, 4.69) is 10.2 Å². The molecule has 170 valence electrons.